The van der Waals surface area contributed by atoms with Gasteiger partial charge in [0.25, 0.3) is 0 Å². The first-order valence-corrected chi connectivity index (χ1v) is 7.30. The van der Waals surface area contributed by atoms with Crippen LogP contribution in [0.1, 0.15) is 24.8 Å². The van der Waals surface area contributed by atoms with Crippen LogP contribution in [0.2, 0.25) is 0 Å². The molecule has 0 bridgehead atoms. The number of carbonyl (C=O) groups excluding carboxylic acids is 1. The summed E-state index contributed by atoms with van der Waals surface area (Å²) in [7, 11) is 0. The second kappa shape index (κ2) is 7.54. The van der Waals surface area contributed by atoms with Gasteiger partial charge in [0, 0.05) is 12.1 Å². The van der Waals surface area contributed by atoms with Crippen LogP contribution in [0.25, 0.3) is 0 Å². The summed E-state index contributed by atoms with van der Waals surface area (Å²) in [4.78, 5) is 23.6. The predicted molar refractivity (Wildman–Crippen MR) is 85.6 cm³/mol. The Balaban J connectivity index is 2.05. The number of hydrogen-bond donors (Lipinski definition) is 2. The van der Waals surface area contributed by atoms with Gasteiger partial charge in [-0.15, -0.1) is 0 Å². The molecule has 0 saturated heterocycles. The van der Waals surface area contributed by atoms with E-state index >= 15 is 0 Å². The Hall–Kier alpha value is -2.69. The molecule has 0 aliphatic rings. The largest absolute Gasteiger partial charge is 0.481 e. The maximum absolute atomic E-state index is 12.8. The van der Waals surface area contributed by atoms with Crippen LogP contribution in [0.4, 0.5) is 10.1 Å². The molecule has 1 amide bonds. The van der Waals surface area contributed by atoms with Crippen LogP contribution in [0.15, 0.2) is 54.6 Å². The minimum absolute atomic E-state index is 0.150. The summed E-state index contributed by atoms with van der Waals surface area (Å²) in [5.74, 6) is -2.96. The molecule has 2 rings (SSSR count). The molecule has 0 unspecified atom stereocenters. The molecule has 0 heterocycles. The van der Waals surface area contributed by atoms with E-state index in [-0.39, 0.29) is 12.3 Å². The predicted octanol–water partition coefficient (Wildman–Crippen LogP) is 3.66. The number of halogens is 1. The van der Waals surface area contributed by atoms with Crippen molar-refractivity contribution < 1.29 is 19.1 Å². The topological polar surface area (TPSA) is 66.4 Å². The van der Waals surface area contributed by atoms with Crippen molar-refractivity contribution in [3.8, 4) is 0 Å². The molecule has 0 saturated carbocycles. The molecule has 0 aliphatic heterocycles. The average molecular weight is 315 g/mol. The fraction of sp³-hybridized carbons (Fsp3) is 0.222. The lowest BCUT2D eigenvalue weighted by Gasteiger charge is -2.20. The van der Waals surface area contributed by atoms with E-state index in [1.54, 1.807) is 6.92 Å². The van der Waals surface area contributed by atoms with Gasteiger partial charge >= 0.3 is 5.97 Å². The summed E-state index contributed by atoms with van der Waals surface area (Å²) in [5, 5.41) is 12.0. The highest BCUT2D eigenvalue weighted by molar-refractivity contribution is 5.93. The van der Waals surface area contributed by atoms with Gasteiger partial charge in [0.1, 0.15) is 5.82 Å². The number of nitrogens with one attached hydrogen (secondary N) is 1. The second-order valence-corrected chi connectivity index (χ2v) is 5.40. The maximum atomic E-state index is 12.8. The Bertz CT molecular complexity index is 670. The van der Waals surface area contributed by atoms with E-state index in [4.69, 9.17) is 0 Å². The van der Waals surface area contributed by atoms with Crippen LogP contribution in [0, 0.1) is 11.7 Å². The number of rotatable bonds is 6. The Morgan fingerprint density at radius 1 is 1.09 bits per heavy atom. The van der Waals surface area contributed by atoms with Crippen molar-refractivity contribution in [3.63, 3.8) is 0 Å². The average Bonchev–Trinajstić information content (AvgIpc) is 2.55. The zero-order valence-corrected chi connectivity index (χ0v) is 12.7. The zero-order chi connectivity index (χ0) is 16.8. The third kappa shape index (κ3) is 4.64. The number of carbonyl (C=O) groups is 2. The summed E-state index contributed by atoms with van der Waals surface area (Å²) in [6.45, 7) is 1.79. The molecule has 2 aromatic rings. The summed E-state index contributed by atoms with van der Waals surface area (Å²) < 4.78 is 12.8. The number of hydrogen-bond acceptors (Lipinski definition) is 2. The van der Waals surface area contributed by atoms with Gasteiger partial charge in [-0.25, -0.2) is 4.39 Å². The molecule has 0 aromatic heterocycles. The fourth-order valence-corrected chi connectivity index (χ4v) is 2.41. The van der Waals surface area contributed by atoms with E-state index in [9.17, 15) is 19.1 Å². The Morgan fingerprint density at radius 3 is 2.26 bits per heavy atom. The van der Waals surface area contributed by atoms with Crippen molar-refractivity contribution in [3.05, 3.63) is 66.0 Å². The molecule has 2 aromatic carbocycles. The van der Waals surface area contributed by atoms with E-state index < -0.39 is 23.6 Å². The van der Waals surface area contributed by atoms with Crippen molar-refractivity contribution >= 4 is 17.6 Å². The van der Waals surface area contributed by atoms with Crippen molar-refractivity contribution in [1.82, 2.24) is 0 Å². The lowest BCUT2D eigenvalue weighted by atomic mass is 9.85. The highest BCUT2D eigenvalue weighted by Gasteiger charge is 2.28. The number of carboxylic acid groups (broad SMARTS) is 1. The van der Waals surface area contributed by atoms with Gasteiger partial charge in [-0.2, -0.15) is 0 Å². The molecule has 2 atom stereocenters. The molecule has 5 heteroatoms. The molecule has 4 nitrogen and oxygen atoms in total. The normalized spacial score (nSPS) is 13.1. The van der Waals surface area contributed by atoms with E-state index in [0.29, 0.717) is 5.69 Å². The Kier molecular flexibility index (Phi) is 5.46. The van der Waals surface area contributed by atoms with Crippen LogP contribution in [-0.2, 0) is 9.59 Å². The number of benzene rings is 2. The van der Waals surface area contributed by atoms with Crippen molar-refractivity contribution in [2.75, 3.05) is 5.32 Å². The molecular weight excluding hydrogens is 297 g/mol. The molecule has 0 spiro atoms. The third-order valence-corrected chi connectivity index (χ3v) is 3.78. The Labute approximate surface area is 134 Å². The first-order chi connectivity index (χ1) is 11.0. The summed E-state index contributed by atoms with van der Waals surface area (Å²) in [6, 6.07) is 14.6. The van der Waals surface area contributed by atoms with Gasteiger partial charge in [0.15, 0.2) is 0 Å². The second-order valence-electron chi connectivity index (χ2n) is 5.40. The quantitative estimate of drug-likeness (QED) is 0.855. The first-order valence-electron chi connectivity index (χ1n) is 7.30. The molecule has 2 N–H and O–H groups in total. The van der Waals surface area contributed by atoms with Gasteiger partial charge < -0.3 is 10.4 Å². The molecule has 0 aliphatic carbocycles. The highest BCUT2D eigenvalue weighted by atomic mass is 19.1. The van der Waals surface area contributed by atoms with Crippen LogP contribution in [0.5, 0.6) is 0 Å². The molecule has 0 fully saturated rings. The summed E-state index contributed by atoms with van der Waals surface area (Å²) >= 11 is 0. The van der Waals surface area contributed by atoms with Crippen molar-refractivity contribution in [2.45, 2.75) is 19.3 Å². The monoisotopic (exact) mass is 315 g/mol. The lowest BCUT2D eigenvalue weighted by Crippen LogP contribution is -2.26. The van der Waals surface area contributed by atoms with Crippen molar-refractivity contribution in [2.24, 2.45) is 5.92 Å². The van der Waals surface area contributed by atoms with E-state index in [2.05, 4.69) is 5.32 Å². The molecule has 0 radical (unpaired) electrons. The standard InChI is InChI=1S/C18H18FNO3/c1-12(13-5-3-2-4-6-13)16(18(22)23)11-17(21)20-15-9-7-14(19)8-10-15/h2-10,12,16H,11H2,1H3,(H,20,21)(H,22,23)/t12-,16+/m1/s1. The van der Waals surface area contributed by atoms with Crippen LogP contribution < -0.4 is 5.32 Å². The van der Waals surface area contributed by atoms with Crippen molar-refractivity contribution in [1.29, 1.82) is 0 Å². The van der Waals surface area contributed by atoms with Gasteiger partial charge in [0.2, 0.25) is 5.91 Å². The van der Waals surface area contributed by atoms with E-state index in [0.717, 1.165) is 5.56 Å². The SMILES string of the molecule is C[C@H](c1ccccc1)[C@H](CC(=O)Nc1ccc(F)cc1)C(=O)O. The number of anilines is 1. The molecular formula is C18H18FNO3. The summed E-state index contributed by atoms with van der Waals surface area (Å²) in [6.07, 6.45) is -0.150. The highest BCUT2D eigenvalue weighted by Crippen LogP contribution is 2.27. The third-order valence-electron chi connectivity index (χ3n) is 3.78. The maximum Gasteiger partial charge on any atom is 0.307 e. The van der Waals surface area contributed by atoms with Gasteiger partial charge in [0.05, 0.1) is 5.92 Å². The van der Waals surface area contributed by atoms with Gasteiger partial charge in [-0.05, 0) is 35.7 Å². The van der Waals surface area contributed by atoms with Crippen LogP contribution in [0.3, 0.4) is 0 Å². The Morgan fingerprint density at radius 2 is 1.70 bits per heavy atom. The zero-order valence-electron chi connectivity index (χ0n) is 12.7. The number of amides is 1. The van der Waals surface area contributed by atoms with Crippen LogP contribution >= 0.6 is 0 Å². The minimum Gasteiger partial charge on any atom is -0.481 e. The minimum atomic E-state index is -1.02. The van der Waals surface area contributed by atoms with Gasteiger partial charge in [-0.1, -0.05) is 37.3 Å². The first kappa shape index (κ1) is 16.7. The number of carboxylic acids is 1. The summed E-state index contributed by atoms with van der Waals surface area (Å²) in [5.41, 5.74) is 1.31. The molecule has 23 heavy (non-hydrogen) atoms. The lowest BCUT2D eigenvalue weighted by molar-refractivity contribution is -0.144. The van der Waals surface area contributed by atoms with Crippen LogP contribution in [-0.4, -0.2) is 17.0 Å². The fourth-order valence-electron chi connectivity index (χ4n) is 2.41. The van der Waals surface area contributed by atoms with E-state index in [1.165, 1.54) is 24.3 Å². The molecule has 120 valence electrons. The van der Waals surface area contributed by atoms with E-state index in [1.807, 2.05) is 30.3 Å². The smallest absolute Gasteiger partial charge is 0.307 e. The number of aliphatic carboxylic acids is 1. The van der Waals surface area contributed by atoms with Gasteiger partial charge in [-0.3, -0.25) is 9.59 Å².